The number of halogens is 2. The highest BCUT2D eigenvalue weighted by Crippen LogP contribution is 2.32. The number of hydrogen-bond acceptors (Lipinski definition) is 3. The third-order valence-corrected chi connectivity index (χ3v) is 5.27. The fourth-order valence-corrected chi connectivity index (χ4v) is 3.84. The molecule has 0 saturated carbocycles. The SMILES string of the molecule is O=C(O)c1ccc(-n2cc(C(=O)c3c(Cl)cccc3Cl)c3ccccc32)cc1O. The number of aromatic nitrogens is 1. The van der Waals surface area contributed by atoms with E-state index in [1.54, 1.807) is 41.1 Å². The van der Waals surface area contributed by atoms with E-state index in [-0.39, 0.29) is 32.7 Å². The fraction of sp³-hybridized carbons (Fsp3) is 0. The molecule has 0 saturated heterocycles. The van der Waals surface area contributed by atoms with Gasteiger partial charge in [-0.15, -0.1) is 0 Å². The Balaban J connectivity index is 1.92. The lowest BCUT2D eigenvalue weighted by atomic mass is 10.0. The van der Waals surface area contributed by atoms with E-state index in [4.69, 9.17) is 28.3 Å². The molecule has 4 rings (SSSR count). The van der Waals surface area contributed by atoms with Gasteiger partial charge in [-0.1, -0.05) is 47.5 Å². The number of fused-ring (bicyclic) bond motifs is 1. The number of rotatable bonds is 4. The second kappa shape index (κ2) is 7.28. The Labute approximate surface area is 175 Å². The minimum Gasteiger partial charge on any atom is -0.507 e. The van der Waals surface area contributed by atoms with Crippen molar-refractivity contribution in [2.75, 3.05) is 0 Å². The van der Waals surface area contributed by atoms with Crippen LogP contribution in [0.15, 0.2) is 66.9 Å². The molecular weight excluding hydrogens is 413 g/mol. The van der Waals surface area contributed by atoms with Gasteiger partial charge in [-0.05, 0) is 30.3 Å². The van der Waals surface area contributed by atoms with E-state index >= 15 is 0 Å². The summed E-state index contributed by atoms with van der Waals surface area (Å²) in [4.78, 5) is 24.4. The summed E-state index contributed by atoms with van der Waals surface area (Å²) in [6.07, 6.45) is 1.63. The Bertz CT molecular complexity index is 1270. The predicted octanol–water partition coefficient (Wildman–Crippen LogP) is 5.57. The number of benzene rings is 3. The summed E-state index contributed by atoms with van der Waals surface area (Å²) in [5.74, 6) is -1.92. The van der Waals surface area contributed by atoms with Gasteiger partial charge in [-0.3, -0.25) is 4.79 Å². The molecule has 0 aliphatic carbocycles. The number of aromatic carboxylic acids is 1. The van der Waals surface area contributed by atoms with E-state index in [9.17, 15) is 14.7 Å². The number of ketones is 1. The smallest absolute Gasteiger partial charge is 0.339 e. The number of phenols is 1. The van der Waals surface area contributed by atoms with Gasteiger partial charge in [0.05, 0.1) is 21.1 Å². The molecule has 0 aliphatic heterocycles. The second-order valence-corrected chi connectivity index (χ2v) is 7.18. The zero-order chi connectivity index (χ0) is 20.7. The van der Waals surface area contributed by atoms with Crippen molar-refractivity contribution in [3.63, 3.8) is 0 Å². The molecule has 0 aliphatic rings. The number of nitrogens with zero attached hydrogens (tertiary/aromatic N) is 1. The van der Waals surface area contributed by atoms with E-state index in [2.05, 4.69) is 0 Å². The van der Waals surface area contributed by atoms with Crippen molar-refractivity contribution in [1.82, 2.24) is 4.57 Å². The van der Waals surface area contributed by atoms with Gasteiger partial charge in [0.15, 0.2) is 5.78 Å². The van der Waals surface area contributed by atoms with Crippen molar-refractivity contribution in [3.8, 4) is 11.4 Å². The molecule has 0 radical (unpaired) electrons. The first kappa shape index (κ1) is 19.1. The van der Waals surface area contributed by atoms with Crippen molar-refractivity contribution >= 4 is 45.9 Å². The number of carbonyl (C=O) groups excluding carboxylic acids is 1. The molecule has 0 bridgehead atoms. The average molecular weight is 426 g/mol. The first-order valence-corrected chi connectivity index (χ1v) is 9.29. The Hall–Kier alpha value is -3.28. The van der Waals surface area contributed by atoms with Gasteiger partial charge in [-0.25, -0.2) is 4.79 Å². The normalized spacial score (nSPS) is 11.0. The molecule has 2 N–H and O–H groups in total. The van der Waals surface area contributed by atoms with Crippen LogP contribution in [0.1, 0.15) is 26.3 Å². The summed E-state index contributed by atoms with van der Waals surface area (Å²) in [6.45, 7) is 0. The molecule has 29 heavy (non-hydrogen) atoms. The van der Waals surface area contributed by atoms with Crippen LogP contribution in [-0.2, 0) is 0 Å². The quantitative estimate of drug-likeness (QED) is 0.418. The molecule has 4 aromatic rings. The van der Waals surface area contributed by atoms with Crippen LogP contribution in [0.25, 0.3) is 16.6 Å². The molecule has 0 spiro atoms. The number of carboxylic acids is 1. The Morgan fingerprint density at radius 1 is 0.862 bits per heavy atom. The molecule has 1 aromatic heterocycles. The van der Waals surface area contributed by atoms with E-state index in [0.717, 1.165) is 0 Å². The lowest BCUT2D eigenvalue weighted by Gasteiger charge is -2.07. The highest BCUT2D eigenvalue weighted by molar-refractivity contribution is 6.41. The molecular formula is C22H13Cl2NO4. The maximum Gasteiger partial charge on any atom is 0.339 e. The van der Waals surface area contributed by atoms with Crippen molar-refractivity contribution in [1.29, 1.82) is 0 Å². The largest absolute Gasteiger partial charge is 0.507 e. The van der Waals surface area contributed by atoms with Crippen LogP contribution in [-0.4, -0.2) is 26.5 Å². The third kappa shape index (κ3) is 3.24. The van der Waals surface area contributed by atoms with Gasteiger partial charge in [0.2, 0.25) is 0 Å². The van der Waals surface area contributed by atoms with Crippen LogP contribution in [0.2, 0.25) is 10.0 Å². The molecule has 5 nitrogen and oxygen atoms in total. The van der Waals surface area contributed by atoms with E-state index in [1.807, 2.05) is 18.2 Å². The van der Waals surface area contributed by atoms with Crippen molar-refractivity contribution in [2.24, 2.45) is 0 Å². The second-order valence-electron chi connectivity index (χ2n) is 6.36. The number of para-hydroxylation sites is 1. The van der Waals surface area contributed by atoms with Gasteiger partial charge in [-0.2, -0.15) is 0 Å². The zero-order valence-corrected chi connectivity index (χ0v) is 16.3. The summed E-state index contributed by atoms with van der Waals surface area (Å²) in [7, 11) is 0. The monoisotopic (exact) mass is 425 g/mol. The molecule has 0 atom stereocenters. The van der Waals surface area contributed by atoms with Gasteiger partial charge in [0, 0.05) is 28.9 Å². The van der Waals surface area contributed by atoms with Crippen molar-refractivity contribution < 1.29 is 19.8 Å². The molecule has 144 valence electrons. The molecule has 3 aromatic carbocycles. The highest BCUT2D eigenvalue weighted by atomic mass is 35.5. The molecule has 0 unspecified atom stereocenters. The summed E-state index contributed by atoms with van der Waals surface area (Å²) in [5, 5.41) is 20.4. The first-order valence-electron chi connectivity index (χ1n) is 8.54. The van der Waals surface area contributed by atoms with Crippen molar-refractivity contribution in [2.45, 2.75) is 0 Å². The first-order chi connectivity index (χ1) is 13.9. The molecule has 0 fully saturated rings. The predicted molar refractivity (Wildman–Crippen MR) is 112 cm³/mol. The van der Waals surface area contributed by atoms with Crippen LogP contribution in [0.5, 0.6) is 5.75 Å². The number of carbonyl (C=O) groups is 2. The summed E-state index contributed by atoms with van der Waals surface area (Å²) in [5.41, 5.74) is 1.61. The van der Waals surface area contributed by atoms with Crippen LogP contribution < -0.4 is 0 Å². The van der Waals surface area contributed by atoms with E-state index < -0.39 is 5.97 Å². The van der Waals surface area contributed by atoms with Crippen LogP contribution in [0.3, 0.4) is 0 Å². The maximum atomic E-state index is 13.2. The van der Waals surface area contributed by atoms with Gasteiger partial charge >= 0.3 is 5.97 Å². The lowest BCUT2D eigenvalue weighted by Crippen LogP contribution is -2.03. The van der Waals surface area contributed by atoms with Crippen molar-refractivity contribution in [3.05, 3.63) is 93.6 Å². The standard InChI is InChI=1S/C22H13Cl2NO4/c23-16-5-3-6-17(24)20(16)21(27)15-11-25(18-7-2-1-4-13(15)18)12-8-9-14(22(28)29)19(26)10-12/h1-11,26H,(H,28,29). The van der Waals surface area contributed by atoms with E-state index in [1.165, 1.54) is 12.1 Å². The van der Waals surface area contributed by atoms with Crippen LogP contribution in [0.4, 0.5) is 0 Å². The summed E-state index contributed by atoms with van der Waals surface area (Å²) < 4.78 is 1.71. The highest BCUT2D eigenvalue weighted by Gasteiger charge is 2.22. The van der Waals surface area contributed by atoms with Gasteiger partial charge in [0.25, 0.3) is 0 Å². The minimum atomic E-state index is -1.23. The Morgan fingerprint density at radius 3 is 2.21 bits per heavy atom. The van der Waals surface area contributed by atoms with Gasteiger partial charge in [0.1, 0.15) is 11.3 Å². The lowest BCUT2D eigenvalue weighted by molar-refractivity contribution is 0.0693. The number of aromatic hydroxyl groups is 1. The van der Waals surface area contributed by atoms with Crippen LogP contribution >= 0.6 is 23.2 Å². The fourth-order valence-electron chi connectivity index (χ4n) is 3.27. The maximum absolute atomic E-state index is 13.2. The summed E-state index contributed by atoms with van der Waals surface area (Å²) >= 11 is 12.4. The Kier molecular flexibility index (Phi) is 4.78. The molecule has 0 amide bonds. The topological polar surface area (TPSA) is 79.5 Å². The summed E-state index contributed by atoms with van der Waals surface area (Å²) in [6, 6.07) is 16.3. The number of carboxylic acid groups (broad SMARTS) is 1. The Morgan fingerprint density at radius 2 is 1.55 bits per heavy atom. The zero-order valence-electron chi connectivity index (χ0n) is 14.8. The number of hydrogen-bond donors (Lipinski definition) is 2. The van der Waals surface area contributed by atoms with E-state index in [0.29, 0.717) is 22.2 Å². The van der Waals surface area contributed by atoms with Gasteiger partial charge < -0.3 is 14.8 Å². The van der Waals surface area contributed by atoms with Crippen LogP contribution in [0, 0.1) is 0 Å². The molecule has 7 heteroatoms. The average Bonchev–Trinajstić information content (AvgIpc) is 3.07. The molecule has 1 heterocycles. The minimum absolute atomic E-state index is 0.204. The third-order valence-electron chi connectivity index (χ3n) is 4.64.